The van der Waals surface area contributed by atoms with Crippen molar-refractivity contribution in [2.45, 2.75) is 29.4 Å². The smallest absolute Gasteiger partial charge is 0.212 e. The van der Waals surface area contributed by atoms with Gasteiger partial charge in [-0.2, -0.15) is 4.31 Å². The number of hydrogen-bond acceptors (Lipinski definition) is 4. The van der Waals surface area contributed by atoms with E-state index in [0.717, 1.165) is 12.8 Å². The van der Waals surface area contributed by atoms with E-state index in [4.69, 9.17) is 0 Å². The van der Waals surface area contributed by atoms with E-state index >= 15 is 0 Å². The zero-order valence-corrected chi connectivity index (χ0v) is 13.9. The van der Waals surface area contributed by atoms with Crippen LogP contribution in [0.4, 0.5) is 0 Å². The van der Waals surface area contributed by atoms with Crippen molar-refractivity contribution in [1.29, 1.82) is 0 Å². The number of hydrogen-bond donors (Lipinski definition) is 0. The molecule has 0 radical (unpaired) electrons. The summed E-state index contributed by atoms with van der Waals surface area (Å²) in [4.78, 5) is 0.258. The third kappa shape index (κ3) is 3.05. The van der Waals surface area contributed by atoms with Crippen molar-refractivity contribution in [3.05, 3.63) is 30.3 Å². The molecule has 1 aliphatic carbocycles. The molecule has 2 fully saturated rings. The highest BCUT2D eigenvalue weighted by Crippen LogP contribution is 2.31. The Balaban J connectivity index is 1.75. The minimum absolute atomic E-state index is 0.211. The quantitative estimate of drug-likeness (QED) is 0.812. The van der Waals surface area contributed by atoms with E-state index in [1.807, 2.05) is 0 Å². The van der Waals surface area contributed by atoms with Crippen molar-refractivity contribution in [3.8, 4) is 0 Å². The van der Waals surface area contributed by atoms with Crippen molar-refractivity contribution in [2.24, 2.45) is 0 Å². The fraction of sp³-hybridized carbons (Fsp3) is 0.571. The Hall–Kier alpha value is -0.960. The maximum absolute atomic E-state index is 12.6. The molecule has 1 heterocycles. The Morgan fingerprint density at radius 2 is 1.41 bits per heavy atom. The molecular weight excluding hydrogens is 324 g/mol. The molecule has 0 bridgehead atoms. The summed E-state index contributed by atoms with van der Waals surface area (Å²) in [5, 5.41) is -0.246. The average molecular weight is 344 g/mol. The second-order valence-corrected chi connectivity index (χ2v) is 9.86. The maximum atomic E-state index is 12.6. The number of benzene rings is 1. The summed E-state index contributed by atoms with van der Waals surface area (Å²) in [5.74, 6) is 0. The molecule has 1 saturated heterocycles. The molecule has 122 valence electrons. The zero-order valence-electron chi connectivity index (χ0n) is 12.3. The molecule has 1 aromatic rings. The largest absolute Gasteiger partial charge is 0.243 e. The van der Waals surface area contributed by atoms with Gasteiger partial charge in [0.05, 0.1) is 10.1 Å². The first-order chi connectivity index (χ1) is 10.4. The first kappa shape index (κ1) is 15.9. The fourth-order valence-corrected chi connectivity index (χ4v) is 6.05. The number of sulfonamides is 2. The van der Waals surface area contributed by atoms with Crippen LogP contribution in [0, 0.1) is 0 Å². The van der Waals surface area contributed by atoms with E-state index in [1.54, 1.807) is 30.3 Å². The summed E-state index contributed by atoms with van der Waals surface area (Å²) in [5.41, 5.74) is 0. The van der Waals surface area contributed by atoms with Gasteiger partial charge in [0.1, 0.15) is 0 Å². The molecule has 8 heteroatoms. The Bertz CT molecular complexity index is 727. The van der Waals surface area contributed by atoms with Gasteiger partial charge >= 0.3 is 0 Å². The molecule has 0 atom stereocenters. The van der Waals surface area contributed by atoms with Gasteiger partial charge in [-0.25, -0.2) is 21.1 Å². The predicted octanol–water partition coefficient (Wildman–Crippen LogP) is 0.875. The van der Waals surface area contributed by atoms with Gasteiger partial charge in [-0.3, -0.25) is 0 Å². The lowest BCUT2D eigenvalue weighted by Crippen LogP contribution is -2.38. The lowest BCUT2D eigenvalue weighted by atomic mass is 10.4. The topological polar surface area (TPSA) is 74.8 Å². The van der Waals surface area contributed by atoms with Crippen LogP contribution in [0.2, 0.25) is 0 Å². The molecule has 1 saturated carbocycles. The lowest BCUT2D eigenvalue weighted by Gasteiger charge is -2.21. The summed E-state index contributed by atoms with van der Waals surface area (Å²) in [6.07, 6.45) is 1.98. The normalized spacial score (nSPS) is 22.4. The van der Waals surface area contributed by atoms with Gasteiger partial charge < -0.3 is 0 Å². The van der Waals surface area contributed by atoms with Crippen LogP contribution < -0.4 is 0 Å². The Kier molecular flexibility index (Phi) is 4.28. The van der Waals surface area contributed by atoms with Crippen molar-refractivity contribution in [2.75, 3.05) is 26.2 Å². The predicted molar refractivity (Wildman–Crippen MR) is 83.3 cm³/mol. The molecule has 0 unspecified atom stereocenters. The summed E-state index contributed by atoms with van der Waals surface area (Å²) in [7, 11) is -6.78. The Morgan fingerprint density at radius 3 is 2.05 bits per heavy atom. The van der Waals surface area contributed by atoms with Crippen molar-refractivity contribution in [3.63, 3.8) is 0 Å². The van der Waals surface area contributed by atoms with Crippen LogP contribution in [0.25, 0.3) is 0 Å². The Morgan fingerprint density at radius 1 is 0.818 bits per heavy atom. The molecule has 0 amide bonds. The lowest BCUT2D eigenvalue weighted by molar-refractivity contribution is 0.404. The molecule has 22 heavy (non-hydrogen) atoms. The monoisotopic (exact) mass is 344 g/mol. The molecule has 2 aliphatic rings. The second-order valence-electron chi connectivity index (χ2n) is 5.71. The van der Waals surface area contributed by atoms with Gasteiger partial charge in [-0.1, -0.05) is 18.2 Å². The van der Waals surface area contributed by atoms with Crippen molar-refractivity contribution < 1.29 is 16.8 Å². The zero-order chi connectivity index (χ0) is 15.8. The van der Waals surface area contributed by atoms with E-state index in [9.17, 15) is 16.8 Å². The first-order valence-electron chi connectivity index (χ1n) is 7.46. The van der Waals surface area contributed by atoms with Crippen molar-refractivity contribution in [1.82, 2.24) is 8.61 Å². The van der Waals surface area contributed by atoms with Crippen LogP contribution in [0.15, 0.2) is 35.2 Å². The molecule has 1 aromatic carbocycles. The van der Waals surface area contributed by atoms with E-state index in [2.05, 4.69) is 0 Å². The third-order valence-electron chi connectivity index (χ3n) is 4.10. The molecule has 1 aliphatic heterocycles. The highest BCUT2D eigenvalue weighted by atomic mass is 32.2. The van der Waals surface area contributed by atoms with Gasteiger partial charge in [0.25, 0.3) is 0 Å². The van der Waals surface area contributed by atoms with Gasteiger partial charge in [-0.05, 0) is 31.4 Å². The van der Waals surface area contributed by atoms with Gasteiger partial charge in [-0.15, -0.1) is 0 Å². The number of rotatable bonds is 4. The maximum Gasteiger partial charge on any atom is 0.243 e. The van der Waals surface area contributed by atoms with Gasteiger partial charge in [0, 0.05) is 26.2 Å². The molecule has 0 spiro atoms. The summed E-state index contributed by atoms with van der Waals surface area (Å²) in [6.45, 7) is 1.21. The standard InChI is InChI=1S/C14H20N2O4S2/c17-21(18,13-5-2-1-3-6-13)15-9-4-10-16(12-11-15)22(19,20)14-7-8-14/h1-3,5-6,14H,4,7-12H2. The molecular formula is C14H20N2O4S2. The summed E-state index contributed by atoms with van der Waals surface area (Å²) < 4.78 is 52.6. The third-order valence-corrected chi connectivity index (χ3v) is 8.41. The van der Waals surface area contributed by atoms with Crippen LogP contribution in [-0.2, 0) is 20.0 Å². The highest BCUT2D eigenvalue weighted by Gasteiger charge is 2.41. The Labute approximate surface area is 131 Å². The second kappa shape index (κ2) is 5.92. The highest BCUT2D eigenvalue weighted by molar-refractivity contribution is 7.90. The minimum Gasteiger partial charge on any atom is -0.212 e. The van der Waals surface area contributed by atoms with Gasteiger partial charge in [0.2, 0.25) is 20.0 Å². The van der Waals surface area contributed by atoms with Crippen LogP contribution in [0.1, 0.15) is 19.3 Å². The van der Waals surface area contributed by atoms with E-state index in [1.165, 1.54) is 8.61 Å². The van der Waals surface area contributed by atoms with E-state index < -0.39 is 20.0 Å². The number of nitrogens with zero attached hydrogens (tertiary/aromatic N) is 2. The molecule has 3 rings (SSSR count). The fourth-order valence-electron chi connectivity index (χ4n) is 2.68. The van der Waals surface area contributed by atoms with Crippen LogP contribution >= 0.6 is 0 Å². The molecule has 6 nitrogen and oxygen atoms in total. The average Bonchev–Trinajstić information content (AvgIpc) is 3.34. The van der Waals surface area contributed by atoms with Gasteiger partial charge in [0.15, 0.2) is 0 Å². The summed E-state index contributed by atoms with van der Waals surface area (Å²) in [6, 6.07) is 8.28. The van der Waals surface area contributed by atoms with Crippen LogP contribution in [0.3, 0.4) is 0 Å². The van der Waals surface area contributed by atoms with Crippen molar-refractivity contribution >= 4 is 20.0 Å². The summed E-state index contributed by atoms with van der Waals surface area (Å²) >= 11 is 0. The molecule has 0 N–H and O–H groups in total. The van der Waals surface area contributed by atoms with Crippen LogP contribution in [0.5, 0.6) is 0 Å². The van der Waals surface area contributed by atoms with Crippen LogP contribution in [-0.4, -0.2) is 56.9 Å². The van der Waals surface area contributed by atoms with E-state index in [0.29, 0.717) is 19.5 Å². The van der Waals surface area contributed by atoms with E-state index in [-0.39, 0.29) is 23.2 Å². The SMILES string of the molecule is O=S(=O)(c1ccccc1)N1CCCN(S(=O)(=O)C2CC2)CC1. The first-order valence-corrected chi connectivity index (χ1v) is 10.4. The minimum atomic E-state index is -3.55. The molecule has 0 aromatic heterocycles.